The van der Waals surface area contributed by atoms with Crippen molar-refractivity contribution in [3.05, 3.63) is 81.8 Å². The average molecular weight is 450 g/mol. The number of halogens is 3. The number of aromatic nitrogens is 2. The highest BCUT2D eigenvalue weighted by Crippen LogP contribution is 2.36. The fraction of sp³-hybridized carbons (Fsp3) is 0.318. The smallest absolute Gasteiger partial charge is 0.0945 e. The number of aryl methyl sites for hydroxylation is 1. The van der Waals surface area contributed by atoms with Crippen molar-refractivity contribution in [2.45, 2.75) is 19.0 Å². The molecule has 0 saturated carbocycles. The van der Waals surface area contributed by atoms with E-state index in [1.54, 1.807) is 0 Å². The van der Waals surface area contributed by atoms with E-state index in [0.717, 1.165) is 49.9 Å². The third-order valence-corrected chi connectivity index (χ3v) is 6.18. The van der Waals surface area contributed by atoms with E-state index in [2.05, 4.69) is 31.5 Å². The van der Waals surface area contributed by atoms with E-state index in [4.69, 9.17) is 34.8 Å². The van der Waals surface area contributed by atoms with Crippen molar-refractivity contribution in [2.75, 3.05) is 31.1 Å². The normalized spacial score (nSPS) is 17.6. The monoisotopic (exact) mass is 448 g/mol. The summed E-state index contributed by atoms with van der Waals surface area (Å²) in [6, 6.07) is 14.1. The minimum Gasteiger partial charge on any atom is -0.361 e. The highest BCUT2D eigenvalue weighted by atomic mass is 35.5. The van der Waals surface area contributed by atoms with Gasteiger partial charge in [-0.3, -0.25) is 4.90 Å². The minimum atomic E-state index is 0.202. The molecule has 1 aliphatic rings. The highest BCUT2D eigenvalue weighted by Gasteiger charge is 2.29. The van der Waals surface area contributed by atoms with Gasteiger partial charge in [-0.05, 0) is 42.3 Å². The van der Waals surface area contributed by atoms with Gasteiger partial charge in [-0.25, -0.2) is 4.98 Å². The van der Waals surface area contributed by atoms with E-state index < -0.39 is 0 Å². The molecule has 7 heteroatoms. The van der Waals surface area contributed by atoms with E-state index in [9.17, 15) is 0 Å². The molecule has 0 N–H and O–H groups in total. The Morgan fingerprint density at radius 1 is 0.931 bits per heavy atom. The molecule has 4 nitrogen and oxygen atoms in total. The van der Waals surface area contributed by atoms with Crippen molar-refractivity contribution in [1.82, 2.24) is 14.5 Å². The van der Waals surface area contributed by atoms with Crippen molar-refractivity contribution in [1.29, 1.82) is 0 Å². The molecule has 1 aromatic heterocycles. The minimum absolute atomic E-state index is 0.202. The lowest BCUT2D eigenvalue weighted by atomic mass is 10.0. The fourth-order valence-corrected chi connectivity index (χ4v) is 4.55. The second-order valence-corrected chi connectivity index (χ2v) is 8.59. The molecule has 1 aliphatic heterocycles. The van der Waals surface area contributed by atoms with Gasteiger partial charge in [0.05, 0.1) is 23.1 Å². The molecule has 0 bridgehead atoms. The summed E-state index contributed by atoms with van der Waals surface area (Å²) in [5, 5.41) is 2.09. The molecule has 152 valence electrons. The Hall–Kier alpha value is -1.72. The third-order valence-electron chi connectivity index (χ3n) is 5.39. The molecule has 1 fully saturated rings. The average Bonchev–Trinajstić information content (AvgIpc) is 3.22. The number of rotatable bonds is 6. The van der Waals surface area contributed by atoms with Gasteiger partial charge in [-0.2, -0.15) is 0 Å². The summed E-state index contributed by atoms with van der Waals surface area (Å²) in [4.78, 5) is 9.02. The van der Waals surface area contributed by atoms with E-state index in [0.29, 0.717) is 10.0 Å². The van der Waals surface area contributed by atoms with E-state index in [1.165, 1.54) is 5.56 Å². The second kappa shape index (κ2) is 9.40. The maximum atomic E-state index is 6.55. The SMILES string of the molecule is Clc1ccc([C@@H]2CN(CCCn3ccnc3)CCN2c2ccc(Cl)cc2Cl)cc1. The molecule has 1 atom stereocenters. The quantitative estimate of drug-likeness (QED) is 0.475. The summed E-state index contributed by atoms with van der Waals surface area (Å²) < 4.78 is 2.13. The largest absolute Gasteiger partial charge is 0.361 e. The first kappa shape index (κ1) is 20.5. The fourth-order valence-electron chi connectivity index (χ4n) is 3.91. The predicted octanol–water partition coefficient (Wildman–Crippen LogP) is 5.80. The zero-order valence-electron chi connectivity index (χ0n) is 16.0. The maximum Gasteiger partial charge on any atom is 0.0945 e. The Labute approximate surface area is 186 Å². The molecule has 2 aromatic carbocycles. The first-order valence-electron chi connectivity index (χ1n) is 9.75. The van der Waals surface area contributed by atoms with Gasteiger partial charge in [0.15, 0.2) is 0 Å². The van der Waals surface area contributed by atoms with Gasteiger partial charge in [0.1, 0.15) is 0 Å². The zero-order chi connectivity index (χ0) is 20.2. The standard InChI is InChI=1S/C22H23Cl3N4/c23-18-4-2-17(3-5-18)22-15-27(9-1-10-28-11-8-26-16-28)12-13-29(22)21-7-6-19(24)14-20(21)25/h2-8,11,14,16,22H,1,9-10,12-13,15H2/t22-/m0/s1. The van der Waals surface area contributed by atoms with Crippen LogP contribution in [0.3, 0.4) is 0 Å². The molecular weight excluding hydrogens is 427 g/mol. The summed E-state index contributed by atoms with van der Waals surface area (Å²) in [6.45, 7) is 4.86. The Balaban J connectivity index is 1.51. The van der Waals surface area contributed by atoms with Crippen molar-refractivity contribution in [3.63, 3.8) is 0 Å². The zero-order valence-corrected chi connectivity index (χ0v) is 18.3. The number of benzene rings is 2. The molecule has 2 heterocycles. The van der Waals surface area contributed by atoms with E-state index in [-0.39, 0.29) is 6.04 Å². The lowest BCUT2D eigenvalue weighted by molar-refractivity contribution is 0.217. The van der Waals surface area contributed by atoms with Gasteiger partial charge >= 0.3 is 0 Å². The van der Waals surface area contributed by atoms with Crippen LogP contribution in [0, 0.1) is 0 Å². The number of piperazine rings is 1. The molecule has 0 aliphatic carbocycles. The molecule has 0 unspecified atom stereocenters. The lowest BCUT2D eigenvalue weighted by Gasteiger charge is -2.43. The highest BCUT2D eigenvalue weighted by molar-refractivity contribution is 6.36. The molecule has 29 heavy (non-hydrogen) atoms. The molecule has 0 spiro atoms. The van der Waals surface area contributed by atoms with Gasteiger partial charge in [0, 0.05) is 55.2 Å². The van der Waals surface area contributed by atoms with Crippen molar-refractivity contribution in [3.8, 4) is 0 Å². The number of hydrogen-bond acceptors (Lipinski definition) is 3. The Bertz CT molecular complexity index is 928. The van der Waals surface area contributed by atoms with Crippen LogP contribution in [0.2, 0.25) is 15.1 Å². The lowest BCUT2D eigenvalue weighted by Crippen LogP contribution is -2.49. The van der Waals surface area contributed by atoms with Gasteiger partial charge in [-0.15, -0.1) is 0 Å². The van der Waals surface area contributed by atoms with Crippen molar-refractivity contribution < 1.29 is 0 Å². The van der Waals surface area contributed by atoms with Crippen LogP contribution in [0.1, 0.15) is 18.0 Å². The number of hydrogen-bond donors (Lipinski definition) is 0. The first-order chi connectivity index (χ1) is 14.1. The molecule has 0 amide bonds. The Morgan fingerprint density at radius 2 is 1.72 bits per heavy atom. The summed E-state index contributed by atoms with van der Waals surface area (Å²) in [5.41, 5.74) is 2.26. The van der Waals surface area contributed by atoms with Crippen LogP contribution in [0.25, 0.3) is 0 Å². The Morgan fingerprint density at radius 3 is 2.45 bits per heavy atom. The summed E-state index contributed by atoms with van der Waals surface area (Å²) in [7, 11) is 0. The van der Waals surface area contributed by atoms with E-state index in [1.807, 2.05) is 49.1 Å². The van der Waals surface area contributed by atoms with Gasteiger partial charge in [0.2, 0.25) is 0 Å². The van der Waals surface area contributed by atoms with Crippen LogP contribution in [-0.2, 0) is 6.54 Å². The number of imidazole rings is 1. The van der Waals surface area contributed by atoms with Crippen LogP contribution in [0.5, 0.6) is 0 Å². The molecule has 4 rings (SSSR count). The maximum absolute atomic E-state index is 6.55. The van der Waals surface area contributed by atoms with Crippen LogP contribution in [-0.4, -0.2) is 40.6 Å². The van der Waals surface area contributed by atoms with E-state index >= 15 is 0 Å². The molecular formula is C22H23Cl3N4. The summed E-state index contributed by atoms with van der Waals surface area (Å²) in [6.07, 6.45) is 6.80. The van der Waals surface area contributed by atoms with Gasteiger partial charge in [0.25, 0.3) is 0 Å². The summed E-state index contributed by atoms with van der Waals surface area (Å²) >= 11 is 18.8. The second-order valence-electron chi connectivity index (χ2n) is 7.31. The van der Waals surface area contributed by atoms with Gasteiger partial charge in [-0.1, -0.05) is 46.9 Å². The van der Waals surface area contributed by atoms with Crippen molar-refractivity contribution in [2.24, 2.45) is 0 Å². The first-order valence-corrected chi connectivity index (χ1v) is 10.9. The summed E-state index contributed by atoms with van der Waals surface area (Å²) in [5.74, 6) is 0. The molecule has 1 saturated heterocycles. The van der Waals surface area contributed by atoms with Crippen molar-refractivity contribution >= 4 is 40.5 Å². The van der Waals surface area contributed by atoms with Gasteiger partial charge < -0.3 is 9.47 Å². The van der Waals surface area contributed by atoms with Crippen LogP contribution < -0.4 is 4.90 Å². The predicted molar refractivity (Wildman–Crippen MR) is 121 cm³/mol. The van der Waals surface area contributed by atoms with Crippen LogP contribution in [0.15, 0.2) is 61.2 Å². The Kier molecular flexibility index (Phi) is 6.66. The molecule has 0 radical (unpaired) electrons. The number of nitrogens with zero attached hydrogens (tertiary/aromatic N) is 4. The van der Waals surface area contributed by atoms with Crippen LogP contribution >= 0.6 is 34.8 Å². The van der Waals surface area contributed by atoms with Crippen LogP contribution in [0.4, 0.5) is 5.69 Å². The molecule has 3 aromatic rings. The topological polar surface area (TPSA) is 24.3 Å². The number of anilines is 1. The third kappa shape index (κ3) is 5.07.